The first-order valence-electron chi connectivity index (χ1n) is 4.75. The van der Waals surface area contributed by atoms with Gasteiger partial charge in [-0.2, -0.15) is 0 Å². The van der Waals surface area contributed by atoms with Gasteiger partial charge in [-0.1, -0.05) is 12.1 Å². The van der Waals surface area contributed by atoms with Crippen molar-refractivity contribution in [2.75, 3.05) is 0 Å². The van der Waals surface area contributed by atoms with E-state index in [1.807, 2.05) is 6.07 Å². The summed E-state index contributed by atoms with van der Waals surface area (Å²) in [7, 11) is 0. The van der Waals surface area contributed by atoms with E-state index in [4.69, 9.17) is 4.74 Å². The molecule has 70 valence electrons. The van der Waals surface area contributed by atoms with Crippen molar-refractivity contribution in [1.82, 2.24) is 5.32 Å². The summed E-state index contributed by atoms with van der Waals surface area (Å²) in [6, 6.07) is 6.26. The van der Waals surface area contributed by atoms with Gasteiger partial charge in [-0.25, -0.2) is 0 Å². The number of rotatable bonds is 2. The van der Waals surface area contributed by atoms with E-state index >= 15 is 0 Å². The fraction of sp³-hybridized carbons (Fsp3) is 0.455. The molecule has 2 rings (SSSR count). The van der Waals surface area contributed by atoms with Gasteiger partial charge in [-0.3, -0.25) is 0 Å². The van der Waals surface area contributed by atoms with Crippen LogP contribution in [0.3, 0.4) is 0 Å². The van der Waals surface area contributed by atoms with E-state index in [0.717, 1.165) is 18.8 Å². The Labute approximate surface area is 78.9 Å². The van der Waals surface area contributed by atoms with Crippen LogP contribution < -0.4 is 10.1 Å². The Morgan fingerprint density at radius 1 is 1.31 bits per heavy atom. The number of hydrogen-bond donors (Lipinski definition) is 1. The van der Waals surface area contributed by atoms with Crippen molar-refractivity contribution in [3.8, 4) is 5.75 Å². The van der Waals surface area contributed by atoms with Crippen LogP contribution in [0, 0.1) is 0 Å². The Hall–Kier alpha value is -1.02. The molecule has 0 saturated heterocycles. The van der Waals surface area contributed by atoms with Crippen LogP contribution in [0.2, 0.25) is 0 Å². The van der Waals surface area contributed by atoms with Gasteiger partial charge in [0.25, 0.3) is 0 Å². The van der Waals surface area contributed by atoms with Crippen molar-refractivity contribution in [2.24, 2.45) is 0 Å². The van der Waals surface area contributed by atoms with E-state index in [0.29, 0.717) is 0 Å². The van der Waals surface area contributed by atoms with Crippen molar-refractivity contribution < 1.29 is 4.74 Å². The largest absolute Gasteiger partial charge is 0.491 e. The molecule has 0 aromatic heterocycles. The van der Waals surface area contributed by atoms with Crippen LogP contribution >= 0.6 is 0 Å². The van der Waals surface area contributed by atoms with Gasteiger partial charge in [-0.15, -0.1) is 0 Å². The first kappa shape index (κ1) is 8.57. The predicted molar refractivity (Wildman–Crippen MR) is 52.7 cm³/mol. The number of nitrogens with one attached hydrogen (secondary N) is 1. The molecular weight excluding hydrogens is 162 g/mol. The minimum atomic E-state index is 0.257. The standard InChI is InChI=1S/C11H15NO/c1-8(2)13-11-5-3-4-9-6-12-7-10(9)11/h3-5,8,12H,6-7H2,1-2H3. The fourth-order valence-corrected chi connectivity index (χ4v) is 1.66. The Balaban J connectivity index is 2.30. The Morgan fingerprint density at radius 2 is 2.15 bits per heavy atom. The third kappa shape index (κ3) is 1.68. The van der Waals surface area contributed by atoms with E-state index in [1.54, 1.807) is 0 Å². The van der Waals surface area contributed by atoms with Crippen LogP contribution in [0.5, 0.6) is 5.75 Å². The first-order valence-corrected chi connectivity index (χ1v) is 4.75. The lowest BCUT2D eigenvalue weighted by Crippen LogP contribution is -2.08. The minimum Gasteiger partial charge on any atom is -0.491 e. The summed E-state index contributed by atoms with van der Waals surface area (Å²) in [5.41, 5.74) is 2.70. The van der Waals surface area contributed by atoms with Gasteiger partial charge < -0.3 is 10.1 Å². The molecule has 0 aliphatic carbocycles. The summed E-state index contributed by atoms with van der Waals surface area (Å²) in [5.74, 6) is 1.04. The van der Waals surface area contributed by atoms with Crippen LogP contribution in [-0.2, 0) is 13.1 Å². The number of benzene rings is 1. The molecule has 0 unspecified atom stereocenters. The second kappa shape index (κ2) is 3.38. The van der Waals surface area contributed by atoms with Gasteiger partial charge >= 0.3 is 0 Å². The molecular formula is C11H15NO. The predicted octanol–water partition coefficient (Wildman–Crippen LogP) is 2.08. The highest BCUT2D eigenvalue weighted by molar-refractivity contribution is 5.42. The molecule has 2 nitrogen and oxygen atoms in total. The average molecular weight is 177 g/mol. The lowest BCUT2D eigenvalue weighted by atomic mass is 10.1. The second-order valence-corrected chi connectivity index (χ2v) is 3.66. The smallest absolute Gasteiger partial charge is 0.124 e. The fourth-order valence-electron chi connectivity index (χ4n) is 1.66. The van der Waals surface area contributed by atoms with E-state index in [9.17, 15) is 0 Å². The van der Waals surface area contributed by atoms with Gasteiger partial charge in [0.2, 0.25) is 0 Å². The molecule has 0 amide bonds. The number of hydrogen-bond acceptors (Lipinski definition) is 2. The summed E-state index contributed by atoms with van der Waals surface area (Å²) in [5, 5.41) is 3.32. The molecule has 1 heterocycles. The molecule has 1 aromatic carbocycles. The maximum absolute atomic E-state index is 5.72. The van der Waals surface area contributed by atoms with Gasteiger partial charge in [0.05, 0.1) is 6.10 Å². The Kier molecular flexibility index (Phi) is 2.23. The quantitative estimate of drug-likeness (QED) is 0.746. The van der Waals surface area contributed by atoms with E-state index in [2.05, 4.69) is 31.3 Å². The normalized spacial score (nSPS) is 14.7. The van der Waals surface area contributed by atoms with E-state index < -0.39 is 0 Å². The van der Waals surface area contributed by atoms with Gasteiger partial charge in [0.15, 0.2) is 0 Å². The molecule has 13 heavy (non-hydrogen) atoms. The summed E-state index contributed by atoms with van der Waals surface area (Å²) in [6.07, 6.45) is 0.257. The monoisotopic (exact) mass is 177 g/mol. The SMILES string of the molecule is CC(C)Oc1cccc2c1CNC2. The molecule has 1 aliphatic heterocycles. The lowest BCUT2D eigenvalue weighted by Gasteiger charge is -2.12. The maximum Gasteiger partial charge on any atom is 0.124 e. The van der Waals surface area contributed by atoms with Gasteiger partial charge in [-0.05, 0) is 25.5 Å². The summed E-state index contributed by atoms with van der Waals surface area (Å²) >= 11 is 0. The Bertz CT molecular complexity index is 307. The van der Waals surface area contributed by atoms with Gasteiger partial charge in [0.1, 0.15) is 5.75 Å². The topological polar surface area (TPSA) is 21.3 Å². The molecule has 0 spiro atoms. The second-order valence-electron chi connectivity index (χ2n) is 3.66. The Morgan fingerprint density at radius 3 is 2.92 bits per heavy atom. The van der Waals surface area contributed by atoms with Crippen LogP contribution in [0.1, 0.15) is 25.0 Å². The van der Waals surface area contributed by atoms with Crippen molar-refractivity contribution >= 4 is 0 Å². The molecule has 0 fully saturated rings. The molecule has 1 N–H and O–H groups in total. The third-order valence-corrected chi connectivity index (χ3v) is 2.21. The van der Waals surface area contributed by atoms with Gasteiger partial charge in [0, 0.05) is 18.7 Å². The van der Waals surface area contributed by atoms with Crippen LogP contribution in [0.15, 0.2) is 18.2 Å². The van der Waals surface area contributed by atoms with E-state index in [1.165, 1.54) is 11.1 Å². The van der Waals surface area contributed by atoms with E-state index in [-0.39, 0.29) is 6.10 Å². The van der Waals surface area contributed by atoms with Crippen molar-refractivity contribution in [1.29, 1.82) is 0 Å². The minimum absolute atomic E-state index is 0.257. The average Bonchev–Trinajstić information content (AvgIpc) is 2.51. The van der Waals surface area contributed by atoms with Crippen molar-refractivity contribution in [3.63, 3.8) is 0 Å². The molecule has 0 atom stereocenters. The zero-order valence-corrected chi connectivity index (χ0v) is 8.13. The van der Waals surface area contributed by atoms with Crippen molar-refractivity contribution in [2.45, 2.75) is 33.0 Å². The molecule has 1 aromatic rings. The molecule has 0 bridgehead atoms. The lowest BCUT2D eigenvalue weighted by molar-refractivity contribution is 0.240. The molecule has 1 aliphatic rings. The van der Waals surface area contributed by atoms with Crippen LogP contribution in [-0.4, -0.2) is 6.10 Å². The molecule has 0 saturated carbocycles. The van der Waals surface area contributed by atoms with Crippen molar-refractivity contribution in [3.05, 3.63) is 29.3 Å². The van der Waals surface area contributed by atoms with Crippen LogP contribution in [0.4, 0.5) is 0 Å². The maximum atomic E-state index is 5.72. The van der Waals surface area contributed by atoms with Crippen LogP contribution in [0.25, 0.3) is 0 Å². The zero-order chi connectivity index (χ0) is 9.26. The highest BCUT2D eigenvalue weighted by atomic mass is 16.5. The molecule has 0 radical (unpaired) electrons. The third-order valence-electron chi connectivity index (χ3n) is 2.21. The highest BCUT2D eigenvalue weighted by Crippen LogP contribution is 2.26. The highest BCUT2D eigenvalue weighted by Gasteiger charge is 2.14. The summed E-state index contributed by atoms with van der Waals surface area (Å²) in [4.78, 5) is 0. The number of fused-ring (bicyclic) bond motifs is 1. The number of ether oxygens (including phenoxy) is 1. The first-order chi connectivity index (χ1) is 6.27. The summed E-state index contributed by atoms with van der Waals surface area (Å²) < 4.78 is 5.72. The summed E-state index contributed by atoms with van der Waals surface area (Å²) in [6.45, 7) is 6.03. The zero-order valence-electron chi connectivity index (χ0n) is 8.13. The molecule has 2 heteroatoms.